The molecule has 0 radical (unpaired) electrons. The van der Waals surface area contributed by atoms with Crippen molar-refractivity contribution in [2.75, 3.05) is 19.0 Å². The molecule has 1 aromatic carbocycles. The molecule has 3 heterocycles. The third kappa shape index (κ3) is 2.69. The van der Waals surface area contributed by atoms with Crippen molar-refractivity contribution in [3.05, 3.63) is 65.0 Å². The van der Waals surface area contributed by atoms with Crippen molar-refractivity contribution in [2.24, 2.45) is 0 Å². The number of thioether (sulfide) groups is 1. The molecule has 1 amide bonds. The van der Waals surface area contributed by atoms with Gasteiger partial charge in [-0.25, -0.2) is 4.79 Å². The van der Waals surface area contributed by atoms with E-state index >= 15 is 0 Å². The van der Waals surface area contributed by atoms with E-state index in [2.05, 4.69) is 47.6 Å². The maximum Gasteiger partial charge on any atom is 0.411 e. The van der Waals surface area contributed by atoms with Crippen molar-refractivity contribution >= 4 is 17.9 Å². The molecule has 5 nitrogen and oxygen atoms in total. The van der Waals surface area contributed by atoms with Gasteiger partial charge >= 0.3 is 6.09 Å². The quantitative estimate of drug-likeness (QED) is 0.915. The van der Waals surface area contributed by atoms with Crippen LogP contribution in [0.2, 0.25) is 0 Å². The standard InChI is InChI=1S/C19H21N3O2S/c1-13-4-3-5-15(10-13)17-19(25-12-21-17,22-8-9-24-18(22)23)16-6-7-20-14(2)11-16/h3-7,10-11,17,21H,8-9,12H2,1-2H3. The summed E-state index contributed by atoms with van der Waals surface area (Å²) >= 11 is 1.75. The SMILES string of the molecule is Cc1cccc(C2NCSC2(c2ccnc(C)c2)N2CCOC2=O)c1. The molecule has 2 aromatic rings. The van der Waals surface area contributed by atoms with Crippen LogP contribution in [0.3, 0.4) is 0 Å². The number of cyclic esters (lactones) is 1. The maximum atomic E-state index is 12.5. The fourth-order valence-corrected chi connectivity index (χ4v) is 5.22. The van der Waals surface area contributed by atoms with E-state index < -0.39 is 4.87 Å². The number of aromatic nitrogens is 1. The lowest BCUT2D eigenvalue weighted by atomic mass is 9.91. The second kappa shape index (κ2) is 6.35. The number of nitrogens with one attached hydrogen (secondary N) is 1. The van der Waals surface area contributed by atoms with E-state index in [9.17, 15) is 4.79 Å². The summed E-state index contributed by atoms with van der Waals surface area (Å²) in [6, 6.07) is 12.6. The summed E-state index contributed by atoms with van der Waals surface area (Å²) in [6.07, 6.45) is 1.57. The summed E-state index contributed by atoms with van der Waals surface area (Å²) in [7, 11) is 0. The van der Waals surface area contributed by atoms with Crippen LogP contribution in [0.25, 0.3) is 0 Å². The zero-order valence-electron chi connectivity index (χ0n) is 14.4. The van der Waals surface area contributed by atoms with Gasteiger partial charge in [0.15, 0.2) is 0 Å². The van der Waals surface area contributed by atoms with Gasteiger partial charge in [-0.15, -0.1) is 11.8 Å². The number of amides is 1. The van der Waals surface area contributed by atoms with Gasteiger partial charge in [0.1, 0.15) is 11.5 Å². The van der Waals surface area contributed by atoms with Crippen LogP contribution < -0.4 is 5.32 Å². The number of rotatable bonds is 3. The number of carbonyl (C=O) groups is 1. The molecule has 2 saturated heterocycles. The highest BCUT2D eigenvalue weighted by Crippen LogP contribution is 2.53. The third-order valence-electron chi connectivity index (χ3n) is 4.82. The number of ether oxygens (including phenoxy) is 1. The van der Waals surface area contributed by atoms with Gasteiger partial charge in [0.25, 0.3) is 0 Å². The van der Waals surface area contributed by atoms with Gasteiger partial charge in [-0.3, -0.25) is 15.2 Å². The van der Waals surface area contributed by atoms with Crippen LogP contribution in [-0.2, 0) is 9.61 Å². The van der Waals surface area contributed by atoms with E-state index in [1.807, 2.05) is 24.1 Å². The Bertz CT molecular complexity index is 813. The molecule has 130 valence electrons. The van der Waals surface area contributed by atoms with Crippen molar-refractivity contribution in [1.29, 1.82) is 0 Å². The summed E-state index contributed by atoms with van der Waals surface area (Å²) in [5, 5.41) is 3.60. The Morgan fingerprint density at radius 1 is 1.32 bits per heavy atom. The molecule has 0 aliphatic carbocycles. The van der Waals surface area contributed by atoms with E-state index in [1.165, 1.54) is 11.1 Å². The predicted octanol–water partition coefficient (Wildman–Crippen LogP) is 3.34. The fourth-order valence-electron chi connectivity index (χ4n) is 3.75. The topological polar surface area (TPSA) is 54.5 Å². The van der Waals surface area contributed by atoms with Gasteiger partial charge in [0.05, 0.1) is 12.6 Å². The van der Waals surface area contributed by atoms with Gasteiger partial charge in [-0.2, -0.15) is 0 Å². The first kappa shape index (κ1) is 16.4. The molecule has 0 bridgehead atoms. The summed E-state index contributed by atoms with van der Waals surface area (Å²) in [5.41, 5.74) is 4.42. The molecule has 2 fully saturated rings. The summed E-state index contributed by atoms with van der Waals surface area (Å²) in [6.45, 7) is 5.10. The van der Waals surface area contributed by atoms with Crippen LogP contribution in [0, 0.1) is 13.8 Å². The molecule has 2 atom stereocenters. The molecule has 6 heteroatoms. The van der Waals surface area contributed by atoms with E-state index in [0.29, 0.717) is 13.2 Å². The number of nitrogens with zero attached hydrogens (tertiary/aromatic N) is 2. The molecule has 1 aromatic heterocycles. The van der Waals surface area contributed by atoms with Crippen molar-refractivity contribution in [2.45, 2.75) is 24.8 Å². The van der Waals surface area contributed by atoms with Gasteiger partial charge < -0.3 is 4.74 Å². The van der Waals surface area contributed by atoms with E-state index in [4.69, 9.17) is 4.74 Å². The van der Waals surface area contributed by atoms with Gasteiger partial charge in [0.2, 0.25) is 0 Å². The third-order valence-corrected chi connectivity index (χ3v) is 6.26. The molecule has 1 N–H and O–H groups in total. The monoisotopic (exact) mass is 355 g/mol. The number of aryl methyl sites for hydroxylation is 2. The molecule has 2 aliphatic rings. The molecule has 2 aliphatic heterocycles. The molecular weight excluding hydrogens is 334 g/mol. The van der Waals surface area contributed by atoms with Crippen molar-refractivity contribution in [3.63, 3.8) is 0 Å². The Morgan fingerprint density at radius 3 is 2.92 bits per heavy atom. The Balaban J connectivity index is 1.89. The van der Waals surface area contributed by atoms with Gasteiger partial charge in [-0.1, -0.05) is 29.8 Å². The van der Waals surface area contributed by atoms with Crippen LogP contribution in [0.4, 0.5) is 4.79 Å². The zero-order chi connectivity index (χ0) is 17.4. The highest BCUT2D eigenvalue weighted by Gasteiger charge is 2.54. The largest absolute Gasteiger partial charge is 0.447 e. The van der Waals surface area contributed by atoms with Crippen LogP contribution in [0.15, 0.2) is 42.6 Å². The second-order valence-electron chi connectivity index (χ2n) is 6.49. The number of pyridine rings is 1. The van der Waals surface area contributed by atoms with Crippen LogP contribution in [-0.4, -0.2) is 35.0 Å². The zero-order valence-corrected chi connectivity index (χ0v) is 15.2. The average molecular weight is 355 g/mol. The lowest BCUT2D eigenvalue weighted by Crippen LogP contribution is -2.48. The first-order valence-electron chi connectivity index (χ1n) is 8.43. The minimum atomic E-state index is -0.533. The van der Waals surface area contributed by atoms with Crippen LogP contribution in [0.1, 0.15) is 28.4 Å². The summed E-state index contributed by atoms with van der Waals surface area (Å²) in [5.74, 6) is 0.768. The van der Waals surface area contributed by atoms with E-state index in [1.54, 1.807) is 11.8 Å². The number of hydrogen-bond donors (Lipinski definition) is 1. The number of carbonyl (C=O) groups excluding carboxylic acids is 1. The summed E-state index contributed by atoms with van der Waals surface area (Å²) < 4.78 is 5.29. The average Bonchev–Trinajstić information content (AvgIpc) is 3.21. The Hall–Kier alpha value is -2.05. The molecule has 0 spiro atoms. The van der Waals surface area contributed by atoms with Gasteiger partial charge in [-0.05, 0) is 37.1 Å². The normalized spacial score (nSPS) is 26.1. The van der Waals surface area contributed by atoms with Crippen LogP contribution >= 0.6 is 11.8 Å². The molecule has 0 saturated carbocycles. The maximum absolute atomic E-state index is 12.5. The smallest absolute Gasteiger partial charge is 0.411 e. The van der Waals surface area contributed by atoms with Crippen molar-refractivity contribution in [1.82, 2.24) is 15.2 Å². The first-order valence-corrected chi connectivity index (χ1v) is 9.41. The van der Waals surface area contributed by atoms with E-state index in [0.717, 1.165) is 17.1 Å². The second-order valence-corrected chi connectivity index (χ2v) is 7.69. The van der Waals surface area contributed by atoms with E-state index in [-0.39, 0.29) is 12.1 Å². The molecule has 4 rings (SSSR count). The lowest BCUT2D eigenvalue weighted by molar-refractivity contribution is 0.132. The van der Waals surface area contributed by atoms with Gasteiger partial charge in [0, 0.05) is 17.8 Å². The Kier molecular flexibility index (Phi) is 4.17. The lowest BCUT2D eigenvalue weighted by Gasteiger charge is -2.41. The molecular formula is C19H21N3O2S. The minimum Gasteiger partial charge on any atom is -0.447 e. The molecule has 2 unspecified atom stereocenters. The Morgan fingerprint density at radius 2 is 2.20 bits per heavy atom. The van der Waals surface area contributed by atoms with Crippen molar-refractivity contribution in [3.8, 4) is 0 Å². The number of hydrogen-bond acceptors (Lipinski definition) is 5. The first-order chi connectivity index (χ1) is 12.1. The highest BCUT2D eigenvalue weighted by atomic mass is 32.2. The summed E-state index contributed by atoms with van der Waals surface area (Å²) in [4.78, 5) is 18.2. The fraction of sp³-hybridized carbons (Fsp3) is 0.368. The minimum absolute atomic E-state index is 0.00940. The van der Waals surface area contributed by atoms with Crippen molar-refractivity contribution < 1.29 is 9.53 Å². The predicted molar refractivity (Wildman–Crippen MR) is 98.2 cm³/mol. The molecule has 25 heavy (non-hydrogen) atoms. The number of benzene rings is 1. The van der Waals surface area contributed by atoms with Crippen LogP contribution in [0.5, 0.6) is 0 Å². The highest BCUT2D eigenvalue weighted by molar-refractivity contribution is 8.00. The Labute approximate surface area is 151 Å².